The first kappa shape index (κ1) is 20.7. The van der Waals surface area contributed by atoms with Gasteiger partial charge in [-0.25, -0.2) is 0 Å². The molecule has 0 heterocycles. The molecular weight excluding hydrogens is 320 g/mol. The molecule has 0 aromatic heterocycles. The van der Waals surface area contributed by atoms with Gasteiger partial charge in [0.15, 0.2) is 5.78 Å². The third-order valence-electron chi connectivity index (χ3n) is 5.00. The Morgan fingerprint density at radius 3 is 2.29 bits per heavy atom. The van der Waals surface area contributed by atoms with E-state index in [1.165, 1.54) is 7.11 Å². The van der Waals surface area contributed by atoms with Gasteiger partial charge in [0.1, 0.15) is 0 Å². The molecule has 0 N–H and O–H groups in total. The van der Waals surface area contributed by atoms with E-state index < -0.39 is 8.32 Å². The molecule has 1 aliphatic rings. The van der Waals surface area contributed by atoms with Crippen molar-refractivity contribution < 1.29 is 18.8 Å². The normalized spacial score (nSPS) is 15.4. The maximum absolute atomic E-state index is 12.2. The van der Waals surface area contributed by atoms with Crippen LogP contribution in [0.4, 0.5) is 0 Å². The van der Waals surface area contributed by atoms with Crippen LogP contribution in [-0.4, -0.2) is 27.2 Å². The van der Waals surface area contributed by atoms with E-state index in [1.54, 1.807) is 0 Å². The van der Waals surface area contributed by atoms with E-state index in [4.69, 9.17) is 4.43 Å². The van der Waals surface area contributed by atoms with Crippen LogP contribution >= 0.6 is 0 Å². The van der Waals surface area contributed by atoms with Gasteiger partial charge >= 0.3 is 5.97 Å². The number of esters is 1. The lowest BCUT2D eigenvalue weighted by atomic mass is 10.1. The average Bonchev–Trinajstić information content (AvgIpc) is 2.95. The zero-order valence-electron chi connectivity index (χ0n) is 15.7. The molecule has 136 valence electrons. The number of carbonyl (C=O) groups is 2. The van der Waals surface area contributed by atoms with E-state index in [2.05, 4.69) is 25.5 Å². The van der Waals surface area contributed by atoms with Gasteiger partial charge in [-0.1, -0.05) is 32.9 Å². The summed E-state index contributed by atoms with van der Waals surface area (Å²) in [4.78, 5) is 23.2. The Hall–Kier alpha value is -1.36. The monoisotopic (exact) mass is 352 g/mol. The molecular formula is C19H32O4Si. The Bertz CT molecular complexity index is 481. The Morgan fingerprint density at radius 1 is 1.08 bits per heavy atom. The van der Waals surface area contributed by atoms with Crippen LogP contribution in [0.2, 0.25) is 18.1 Å². The molecule has 0 aliphatic heterocycles. The quantitative estimate of drug-likeness (QED) is 0.301. The summed E-state index contributed by atoms with van der Waals surface area (Å²) in [5.41, 5.74) is 0.903. The van der Waals surface area contributed by atoms with Crippen molar-refractivity contribution in [2.75, 3.05) is 7.11 Å². The first-order valence-corrected chi connectivity index (χ1v) is 11.7. The summed E-state index contributed by atoms with van der Waals surface area (Å²) < 4.78 is 11.1. The highest BCUT2D eigenvalue weighted by molar-refractivity contribution is 6.73. The Balaban J connectivity index is 2.60. The van der Waals surface area contributed by atoms with E-state index in [1.807, 2.05) is 12.2 Å². The number of ketones is 1. The lowest BCUT2D eigenvalue weighted by molar-refractivity contribution is -0.140. The van der Waals surface area contributed by atoms with Crippen LogP contribution in [0.25, 0.3) is 0 Å². The van der Waals surface area contributed by atoms with Crippen LogP contribution in [0.5, 0.6) is 0 Å². The number of allylic oxidation sites excluding steroid dienone is 4. The number of hydrogen-bond acceptors (Lipinski definition) is 4. The summed E-state index contributed by atoms with van der Waals surface area (Å²) in [5, 5.41) is 0. The highest BCUT2D eigenvalue weighted by Crippen LogP contribution is 2.33. The second kappa shape index (κ2) is 10.5. The number of Topliss-reactive ketones (excluding diaryl/α,β-unsaturated/α-hetero) is 1. The van der Waals surface area contributed by atoms with Crippen molar-refractivity contribution >= 4 is 20.1 Å². The van der Waals surface area contributed by atoms with Gasteiger partial charge in [-0.2, -0.15) is 0 Å². The fourth-order valence-electron chi connectivity index (χ4n) is 3.07. The minimum Gasteiger partial charge on any atom is -0.546 e. The van der Waals surface area contributed by atoms with Gasteiger partial charge in [0.2, 0.25) is 8.32 Å². The second-order valence-electron chi connectivity index (χ2n) is 6.30. The molecule has 0 radical (unpaired) electrons. The Kier molecular flexibility index (Phi) is 9.04. The van der Waals surface area contributed by atoms with E-state index in [0.29, 0.717) is 19.3 Å². The highest BCUT2D eigenvalue weighted by Gasteiger charge is 2.34. The summed E-state index contributed by atoms with van der Waals surface area (Å²) in [6.07, 6.45) is 8.04. The largest absolute Gasteiger partial charge is 0.546 e. The van der Waals surface area contributed by atoms with Gasteiger partial charge in [-0.15, -0.1) is 0 Å². The lowest BCUT2D eigenvalue weighted by Crippen LogP contribution is -2.35. The SMILES string of the molecule is CC[Si](CC)(CC)OC1=C(CCC=CCCC(=O)OC)C(=O)CC1. The molecule has 0 aromatic carbocycles. The number of carbonyl (C=O) groups excluding carboxylic acids is 2. The second-order valence-corrected chi connectivity index (χ2v) is 11.0. The van der Waals surface area contributed by atoms with Gasteiger partial charge in [0, 0.05) is 24.8 Å². The number of methoxy groups -OCH3 is 1. The highest BCUT2D eigenvalue weighted by atomic mass is 28.4. The zero-order chi connectivity index (χ0) is 18.0. The topological polar surface area (TPSA) is 52.6 Å². The number of rotatable bonds is 11. The maximum Gasteiger partial charge on any atom is 0.305 e. The molecule has 0 spiro atoms. The summed E-state index contributed by atoms with van der Waals surface area (Å²) in [6.45, 7) is 6.63. The van der Waals surface area contributed by atoms with Crippen LogP contribution in [0.15, 0.2) is 23.5 Å². The van der Waals surface area contributed by atoms with Crippen molar-refractivity contribution in [3.8, 4) is 0 Å². The van der Waals surface area contributed by atoms with Crippen LogP contribution in [0.3, 0.4) is 0 Å². The number of ether oxygens (including phenoxy) is 1. The molecule has 0 amide bonds. The molecule has 1 rings (SSSR count). The van der Waals surface area contributed by atoms with Gasteiger partial charge in [-0.3, -0.25) is 9.59 Å². The van der Waals surface area contributed by atoms with Crippen LogP contribution in [0.1, 0.15) is 59.3 Å². The van der Waals surface area contributed by atoms with Crippen LogP contribution in [-0.2, 0) is 18.8 Å². The first-order valence-electron chi connectivity index (χ1n) is 9.17. The van der Waals surface area contributed by atoms with Crippen molar-refractivity contribution in [2.24, 2.45) is 0 Å². The Morgan fingerprint density at radius 2 is 1.71 bits per heavy atom. The van der Waals surface area contributed by atoms with Crippen molar-refractivity contribution in [3.63, 3.8) is 0 Å². The Labute approximate surface area is 147 Å². The fraction of sp³-hybridized carbons (Fsp3) is 0.684. The van der Waals surface area contributed by atoms with E-state index >= 15 is 0 Å². The summed E-state index contributed by atoms with van der Waals surface area (Å²) >= 11 is 0. The molecule has 5 heteroatoms. The van der Waals surface area contributed by atoms with Crippen molar-refractivity contribution in [1.29, 1.82) is 0 Å². The van der Waals surface area contributed by atoms with E-state index in [0.717, 1.165) is 48.7 Å². The fourth-order valence-corrected chi connectivity index (χ4v) is 5.75. The molecule has 4 nitrogen and oxygen atoms in total. The van der Waals surface area contributed by atoms with Gasteiger partial charge < -0.3 is 9.16 Å². The van der Waals surface area contributed by atoms with Crippen molar-refractivity contribution in [2.45, 2.75) is 77.4 Å². The lowest BCUT2D eigenvalue weighted by Gasteiger charge is -2.30. The number of hydrogen-bond donors (Lipinski definition) is 0. The predicted molar refractivity (Wildman–Crippen MR) is 99.2 cm³/mol. The van der Waals surface area contributed by atoms with Crippen LogP contribution < -0.4 is 0 Å². The summed E-state index contributed by atoms with van der Waals surface area (Å²) in [6, 6.07) is 3.29. The van der Waals surface area contributed by atoms with E-state index in [9.17, 15) is 9.59 Å². The van der Waals surface area contributed by atoms with Crippen molar-refractivity contribution in [1.82, 2.24) is 0 Å². The molecule has 0 saturated carbocycles. The zero-order valence-corrected chi connectivity index (χ0v) is 16.7. The first-order chi connectivity index (χ1) is 11.5. The molecule has 24 heavy (non-hydrogen) atoms. The van der Waals surface area contributed by atoms with E-state index in [-0.39, 0.29) is 11.8 Å². The predicted octanol–water partition coefficient (Wildman–Crippen LogP) is 4.91. The maximum atomic E-state index is 12.2. The third kappa shape index (κ3) is 5.93. The summed E-state index contributed by atoms with van der Waals surface area (Å²) in [5.74, 6) is 1.03. The van der Waals surface area contributed by atoms with Gasteiger partial charge in [0.25, 0.3) is 0 Å². The molecule has 0 aromatic rings. The minimum absolute atomic E-state index is 0.191. The van der Waals surface area contributed by atoms with Gasteiger partial charge in [-0.05, 0) is 37.4 Å². The molecule has 0 fully saturated rings. The third-order valence-corrected chi connectivity index (χ3v) is 9.54. The average molecular weight is 353 g/mol. The minimum atomic E-state index is -1.71. The molecule has 0 saturated heterocycles. The molecule has 0 atom stereocenters. The van der Waals surface area contributed by atoms with Crippen LogP contribution in [0, 0.1) is 0 Å². The molecule has 0 bridgehead atoms. The van der Waals surface area contributed by atoms with Crippen molar-refractivity contribution in [3.05, 3.63) is 23.5 Å². The standard InChI is InChI=1S/C19H32O4Si/c1-5-24(6-2,7-3)23-18-15-14-17(20)16(18)12-10-8-9-11-13-19(21)22-4/h8-9H,5-7,10-15H2,1-4H3. The molecule has 1 aliphatic carbocycles. The van der Waals surface area contributed by atoms with Gasteiger partial charge in [0.05, 0.1) is 12.9 Å². The molecule has 0 unspecified atom stereocenters. The summed E-state index contributed by atoms with van der Waals surface area (Å²) in [7, 11) is -0.310. The smallest absolute Gasteiger partial charge is 0.305 e.